The molecule has 3 saturated heterocycles. The van der Waals surface area contributed by atoms with E-state index in [0.717, 1.165) is 36.8 Å². The van der Waals surface area contributed by atoms with Crippen molar-refractivity contribution in [3.8, 4) is 0 Å². The van der Waals surface area contributed by atoms with Gasteiger partial charge in [-0.25, -0.2) is 0 Å². The minimum atomic E-state index is -1.32. The number of rotatable bonds is 12. The van der Waals surface area contributed by atoms with Crippen LogP contribution in [0.4, 0.5) is 0 Å². The molecule has 270 valence electrons. The molecule has 3 N–H and O–H groups in total. The molecule has 2 aromatic carbocycles. The van der Waals surface area contributed by atoms with E-state index in [9.17, 15) is 19.2 Å². The van der Waals surface area contributed by atoms with E-state index < -0.39 is 47.6 Å². The highest BCUT2D eigenvalue weighted by molar-refractivity contribution is 5.95. The third-order valence-electron chi connectivity index (χ3n) is 11.1. The molecular formula is C38H44N4O9. The van der Waals surface area contributed by atoms with E-state index in [4.69, 9.17) is 24.2 Å². The summed E-state index contributed by atoms with van der Waals surface area (Å²) in [4.78, 5) is 61.5. The van der Waals surface area contributed by atoms with E-state index >= 15 is 0 Å². The summed E-state index contributed by atoms with van der Waals surface area (Å²) in [5, 5.41) is 16.4. The van der Waals surface area contributed by atoms with Crippen LogP contribution < -0.4 is 10.6 Å². The van der Waals surface area contributed by atoms with Crippen molar-refractivity contribution in [2.45, 2.75) is 81.4 Å². The van der Waals surface area contributed by atoms with Gasteiger partial charge in [0.25, 0.3) is 5.91 Å². The largest absolute Gasteiger partial charge is 0.458 e. The number of aliphatic hydroxyl groups excluding tert-OH is 1. The van der Waals surface area contributed by atoms with E-state index in [1.165, 1.54) is 11.0 Å². The molecule has 0 unspecified atom stereocenters. The Bertz CT molecular complexity index is 1730. The topological polar surface area (TPSA) is 156 Å². The molecule has 3 aliphatic heterocycles. The molecule has 3 amide bonds. The number of carbonyl (C=O) groups is 4. The molecule has 3 aliphatic carbocycles. The van der Waals surface area contributed by atoms with Gasteiger partial charge in [-0.05, 0) is 60.6 Å². The zero-order chi connectivity index (χ0) is 35.5. The van der Waals surface area contributed by atoms with Crippen molar-refractivity contribution in [1.82, 2.24) is 20.6 Å². The van der Waals surface area contributed by atoms with Gasteiger partial charge in [0.05, 0.1) is 13.2 Å². The predicted molar refractivity (Wildman–Crippen MR) is 181 cm³/mol. The molecule has 8 rings (SSSR count). The van der Waals surface area contributed by atoms with Crippen molar-refractivity contribution >= 4 is 29.8 Å². The Balaban J connectivity index is 1.08. The molecule has 3 heterocycles. The summed E-state index contributed by atoms with van der Waals surface area (Å²) in [7, 11) is 3.38. The molecule has 51 heavy (non-hydrogen) atoms. The molecule has 3 saturated carbocycles. The monoisotopic (exact) mass is 700 g/mol. The van der Waals surface area contributed by atoms with Crippen LogP contribution in [-0.2, 0) is 46.5 Å². The van der Waals surface area contributed by atoms with E-state index in [1.807, 2.05) is 30.3 Å². The fourth-order valence-electron chi connectivity index (χ4n) is 8.34. The van der Waals surface area contributed by atoms with Gasteiger partial charge in [-0.3, -0.25) is 24.0 Å². The van der Waals surface area contributed by atoms with Crippen molar-refractivity contribution < 1.29 is 43.3 Å². The van der Waals surface area contributed by atoms with Crippen LogP contribution in [-0.4, -0.2) is 102 Å². The second-order valence-corrected chi connectivity index (χ2v) is 14.8. The van der Waals surface area contributed by atoms with Crippen LogP contribution in [0.1, 0.15) is 59.2 Å². The Morgan fingerprint density at radius 1 is 0.980 bits per heavy atom. The van der Waals surface area contributed by atoms with Gasteiger partial charge in [0.1, 0.15) is 29.8 Å². The first-order valence-electron chi connectivity index (χ1n) is 17.9. The van der Waals surface area contributed by atoms with E-state index in [1.54, 1.807) is 43.4 Å². The first kappa shape index (κ1) is 34.0. The van der Waals surface area contributed by atoms with E-state index in [0.29, 0.717) is 11.1 Å². The first-order valence-corrected chi connectivity index (χ1v) is 17.9. The molecule has 2 bridgehead atoms. The number of likely N-dealkylation sites (N-methyl/N-ethyl adjacent to an activating group) is 1. The first-order chi connectivity index (χ1) is 24.6. The number of benzene rings is 2. The van der Waals surface area contributed by atoms with Gasteiger partial charge in [-0.2, -0.15) is 5.06 Å². The molecule has 6 atom stereocenters. The number of amides is 3. The maximum atomic E-state index is 14.7. The number of ether oxygens (including phenoxy) is 3. The Morgan fingerprint density at radius 2 is 1.71 bits per heavy atom. The second-order valence-electron chi connectivity index (χ2n) is 14.8. The molecule has 6 fully saturated rings. The molecule has 13 nitrogen and oxygen atoms in total. The highest BCUT2D eigenvalue weighted by atomic mass is 16.8. The van der Waals surface area contributed by atoms with Gasteiger partial charge in [0, 0.05) is 57.1 Å². The second kappa shape index (κ2) is 13.1. The van der Waals surface area contributed by atoms with Crippen LogP contribution in [0, 0.1) is 17.3 Å². The lowest BCUT2D eigenvalue weighted by atomic mass is 9.62. The van der Waals surface area contributed by atoms with Crippen LogP contribution in [0.2, 0.25) is 0 Å². The Kier molecular flexibility index (Phi) is 8.74. The molecule has 0 aromatic heterocycles. The number of carbonyl (C=O) groups excluding carboxylic acids is 4. The number of esters is 1. The number of nitrogens with zero attached hydrogens (tertiary/aromatic N) is 2. The summed E-state index contributed by atoms with van der Waals surface area (Å²) in [5.41, 5.74) is 1.47. The fraction of sp³-hybridized carbons (Fsp3) is 0.526. The van der Waals surface area contributed by atoms with E-state index in [2.05, 4.69) is 10.6 Å². The molecule has 6 aliphatic rings. The average Bonchev–Trinajstić information content (AvgIpc) is 4.08. The van der Waals surface area contributed by atoms with Gasteiger partial charge in [0.2, 0.25) is 11.8 Å². The average molecular weight is 701 g/mol. The third-order valence-corrected chi connectivity index (χ3v) is 11.1. The van der Waals surface area contributed by atoms with Crippen molar-refractivity contribution in [2.75, 3.05) is 27.2 Å². The lowest BCUT2D eigenvalue weighted by Gasteiger charge is -2.48. The summed E-state index contributed by atoms with van der Waals surface area (Å²) in [6.45, 7) is 0.284. The fourth-order valence-corrected chi connectivity index (χ4v) is 8.34. The summed E-state index contributed by atoms with van der Waals surface area (Å²) >= 11 is 0. The van der Waals surface area contributed by atoms with Crippen LogP contribution in [0.5, 0.6) is 0 Å². The number of hydrogen-bond donors (Lipinski definition) is 3. The maximum Gasteiger partial charge on any atom is 0.327 e. The van der Waals surface area contributed by atoms with Crippen LogP contribution in [0.15, 0.2) is 54.6 Å². The van der Waals surface area contributed by atoms with Crippen molar-refractivity contribution in [3.05, 3.63) is 76.9 Å². The lowest BCUT2D eigenvalue weighted by molar-refractivity contribution is -0.235. The van der Waals surface area contributed by atoms with Gasteiger partial charge >= 0.3 is 5.97 Å². The molecule has 13 heteroatoms. The van der Waals surface area contributed by atoms with Crippen LogP contribution in [0.25, 0.3) is 6.08 Å². The normalized spacial score (nSPS) is 30.5. The number of aliphatic hydroxyl groups is 1. The van der Waals surface area contributed by atoms with Crippen LogP contribution in [0.3, 0.4) is 0 Å². The maximum absolute atomic E-state index is 14.7. The summed E-state index contributed by atoms with van der Waals surface area (Å²) in [5.74, 6) is -1.54. The van der Waals surface area contributed by atoms with Gasteiger partial charge in [-0.15, -0.1) is 0 Å². The highest BCUT2D eigenvalue weighted by Crippen LogP contribution is 2.63. The molecule has 0 spiro atoms. The van der Waals surface area contributed by atoms with Crippen LogP contribution >= 0.6 is 0 Å². The number of hydroxylamine groups is 2. The van der Waals surface area contributed by atoms with E-state index in [-0.39, 0.29) is 62.2 Å². The van der Waals surface area contributed by atoms with Gasteiger partial charge < -0.3 is 34.9 Å². The lowest BCUT2D eigenvalue weighted by Crippen LogP contribution is -2.69. The quantitative estimate of drug-likeness (QED) is 0.221. The Labute approximate surface area is 296 Å². The zero-order valence-corrected chi connectivity index (χ0v) is 28.8. The smallest absolute Gasteiger partial charge is 0.327 e. The number of fused-ring (bicyclic) bond motifs is 4. The number of hydrogen-bond acceptors (Lipinski definition) is 10. The van der Waals surface area contributed by atoms with Gasteiger partial charge in [0.15, 0.2) is 11.8 Å². The Hall–Kier alpha value is -4.14. The Morgan fingerprint density at radius 3 is 2.39 bits per heavy atom. The minimum Gasteiger partial charge on any atom is -0.458 e. The minimum absolute atomic E-state index is 0.117. The van der Waals surface area contributed by atoms with Crippen molar-refractivity contribution in [1.29, 1.82) is 0 Å². The zero-order valence-electron chi connectivity index (χ0n) is 28.8. The molecule has 2 aromatic rings. The summed E-state index contributed by atoms with van der Waals surface area (Å²) in [6.07, 6.45) is 4.88. The number of nitrogens with one attached hydrogen (secondary N) is 2. The third kappa shape index (κ3) is 6.04. The standard InChI is InChI=1S/C38H44N4O9/c1-41(2)29(44)15-10-22-6-8-23(9-7-22)21-42-32-35(46)48-28-19-37(32,36(47)40-20-24-4-3-5-25(18-24)34(45)39-16-17-43)33(51-42)31-30(28)49-38(50-31,26-11-12-26)27-13-14-27/h3-10,15,18,26-28,30-33,43H,11-14,16-17,19-21H2,1-2H3,(H,39,45)(H,40,47)/t28-,30+,31+,32+,33-,37+/m1/s1. The summed E-state index contributed by atoms with van der Waals surface area (Å²) in [6, 6.07) is 13.5. The van der Waals surface area contributed by atoms with Crippen molar-refractivity contribution in [2.24, 2.45) is 17.3 Å². The predicted octanol–water partition coefficient (Wildman–Crippen LogP) is 1.93. The van der Waals surface area contributed by atoms with Crippen molar-refractivity contribution in [3.63, 3.8) is 0 Å². The SMILES string of the molecule is CN(C)C(=O)C=Cc1ccc(CN2O[C@@H]3[C@H]4OC(C5CC5)(C5CC5)O[C@H]4[C@H]4C[C@]3(C(=O)NCc3cccc(C(=O)NCCO)c3)[C@@H]2C(=O)O4)cc1. The molecular weight excluding hydrogens is 656 g/mol. The molecule has 0 radical (unpaired) electrons. The highest BCUT2D eigenvalue weighted by Gasteiger charge is 2.78. The van der Waals surface area contributed by atoms with Gasteiger partial charge in [-0.1, -0.05) is 36.4 Å². The summed E-state index contributed by atoms with van der Waals surface area (Å²) < 4.78 is 19.9.